The van der Waals surface area contributed by atoms with Crippen LogP contribution in [-0.2, 0) is 4.74 Å². The Balaban J connectivity index is 2.18. The van der Waals surface area contributed by atoms with Gasteiger partial charge in [-0.1, -0.05) is 29.3 Å². The lowest BCUT2D eigenvalue weighted by Gasteiger charge is -2.25. The van der Waals surface area contributed by atoms with Crippen molar-refractivity contribution in [2.45, 2.75) is 43.5 Å². The van der Waals surface area contributed by atoms with Crippen LogP contribution in [0.2, 0.25) is 0 Å². The Bertz CT molecular complexity index is 93.3. The summed E-state index contributed by atoms with van der Waals surface area (Å²) in [7, 11) is 0. The molecule has 0 spiro atoms. The average molecular weight is 207 g/mol. The van der Waals surface area contributed by atoms with E-state index in [0.717, 1.165) is 6.61 Å². The zero-order chi connectivity index (χ0) is 7.40. The predicted molar refractivity (Wildman–Crippen MR) is 46.6 cm³/mol. The molecule has 0 radical (unpaired) electrons. The van der Waals surface area contributed by atoms with E-state index in [1.807, 2.05) is 0 Å². The van der Waals surface area contributed by atoms with Gasteiger partial charge in [-0.05, 0) is 19.3 Å². The van der Waals surface area contributed by atoms with E-state index in [0.29, 0.717) is 10.9 Å². The van der Waals surface area contributed by atoms with Gasteiger partial charge in [0.2, 0.25) is 0 Å². The first-order valence-corrected chi connectivity index (χ1v) is 5.00. The number of hydrogen-bond donors (Lipinski definition) is 0. The van der Waals surface area contributed by atoms with Gasteiger partial charge in [-0.25, -0.2) is 0 Å². The first-order chi connectivity index (χ1) is 4.83. The molecule has 1 aliphatic heterocycles. The molecule has 0 unspecified atom stereocenters. The Morgan fingerprint density at radius 3 is 3.00 bits per heavy atom. The Kier molecular flexibility index (Phi) is 3.71. The smallest absolute Gasteiger partial charge is 0.0585 e. The summed E-state index contributed by atoms with van der Waals surface area (Å²) >= 11 is 3.62. The summed E-state index contributed by atoms with van der Waals surface area (Å²) in [6.07, 6.45) is 5.38. The fourth-order valence-electron chi connectivity index (χ4n) is 1.36. The molecular formula is C8H15BrO. The molecule has 0 amide bonds. The van der Waals surface area contributed by atoms with E-state index in [1.165, 1.54) is 25.7 Å². The van der Waals surface area contributed by atoms with E-state index in [1.54, 1.807) is 0 Å². The summed E-state index contributed by atoms with van der Waals surface area (Å²) < 4.78 is 5.56. The van der Waals surface area contributed by atoms with Gasteiger partial charge < -0.3 is 4.74 Å². The van der Waals surface area contributed by atoms with Gasteiger partial charge in [0.25, 0.3) is 0 Å². The monoisotopic (exact) mass is 206 g/mol. The highest BCUT2D eigenvalue weighted by Gasteiger charge is 2.18. The zero-order valence-corrected chi connectivity index (χ0v) is 8.06. The second-order valence-corrected chi connectivity index (χ2v) is 4.20. The average Bonchev–Trinajstić information content (AvgIpc) is 1.88. The SMILES string of the molecule is CCC[C@H]1C[C@H](Br)CCO1. The van der Waals surface area contributed by atoms with Crippen LogP contribution in [0.3, 0.4) is 0 Å². The first kappa shape index (κ1) is 8.54. The summed E-state index contributed by atoms with van der Waals surface area (Å²) in [5.41, 5.74) is 0. The molecule has 0 N–H and O–H groups in total. The lowest BCUT2D eigenvalue weighted by molar-refractivity contribution is 0.0145. The van der Waals surface area contributed by atoms with Gasteiger partial charge in [-0.15, -0.1) is 0 Å². The lowest BCUT2D eigenvalue weighted by atomic mass is 10.1. The number of rotatable bonds is 2. The van der Waals surface area contributed by atoms with Crippen LogP contribution < -0.4 is 0 Å². The van der Waals surface area contributed by atoms with Gasteiger partial charge in [0, 0.05) is 11.4 Å². The highest BCUT2D eigenvalue weighted by molar-refractivity contribution is 9.09. The minimum Gasteiger partial charge on any atom is -0.378 e. The highest BCUT2D eigenvalue weighted by atomic mass is 79.9. The van der Waals surface area contributed by atoms with Gasteiger partial charge in [0.05, 0.1) is 6.10 Å². The number of halogens is 1. The molecule has 0 aromatic rings. The van der Waals surface area contributed by atoms with Crippen molar-refractivity contribution >= 4 is 15.9 Å². The van der Waals surface area contributed by atoms with Crippen LogP contribution in [-0.4, -0.2) is 17.5 Å². The summed E-state index contributed by atoms with van der Waals surface area (Å²) in [6, 6.07) is 0. The Hall–Kier alpha value is 0.440. The first-order valence-electron chi connectivity index (χ1n) is 4.08. The molecule has 0 aromatic heterocycles. The van der Waals surface area contributed by atoms with E-state index in [4.69, 9.17) is 4.74 Å². The van der Waals surface area contributed by atoms with Crippen molar-refractivity contribution in [3.05, 3.63) is 0 Å². The van der Waals surface area contributed by atoms with Crippen LogP contribution in [0, 0.1) is 0 Å². The van der Waals surface area contributed by atoms with Gasteiger partial charge in [0.1, 0.15) is 0 Å². The number of alkyl halides is 1. The molecule has 1 saturated heterocycles. The lowest BCUT2D eigenvalue weighted by Crippen LogP contribution is -2.25. The Labute approximate surface area is 71.3 Å². The van der Waals surface area contributed by atoms with Crippen molar-refractivity contribution in [3.8, 4) is 0 Å². The molecule has 2 atom stereocenters. The minimum atomic E-state index is 0.531. The van der Waals surface area contributed by atoms with Crippen LogP contribution in [0.25, 0.3) is 0 Å². The van der Waals surface area contributed by atoms with Crippen LogP contribution in [0.4, 0.5) is 0 Å². The highest BCUT2D eigenvalue weighted by Crippen LogP contribution is 2.22. The summed E-state index contributed by atoms with van der Waals surface area (Å²) in [5, 5.41) is 0. The largest absolute Gasteiger partial charge is 0.378 e. The van der Waals surface area contributed by atoms with Crippen molar-refractivity contribution in [3.63, 3.8) is 0 Å². The van der Waals surface area contributed by atoms with Crippen molar-refractivity contribution in [2.24, 2.45) is 0 Å². The maximum atomic E-state index is 5.56. The van der Waals surface area contributed by atoms with Crippen molar-refractivity contribution in [1.29, 1.82) is 0 Å². The molecule has 1 aliphatic rings. The molecule has 0 bridgehead atoms. The van der Waals surface area contributed by atoms with E-state index in [9.17, 15) is 0 Å². The summed E-state index contributed by atoms with van der Waals surface area (Å²) in [5.74, 6) is 0. The molecule has 0 saturated carbocycles. The molecule has 10 heavy (non-hydrogen) atoms. The molecule has 1 rings (SSSR count). The molecule has 1 nitrogen and oxygen atoms in total. The van der Waals surface area contributed by atoms with Crippen LogP contribution in [0.1, 0.15) is 32.6 Å². The van der Waals surface area contributed by atoms with Gasteiger partial charge in [-0.3, -0.25) is 0 Å². The minimum absolute atomic E-state index is 0.531. The third kappa shape index (κ3) is 2.59. The maximum Gasteiger partial charge on any atom is 0.0585 e. The van der Waals surface area contributed by atoms with Crippen molar-refractivity contribution in [1.82, 2.24) is 0 Å². The van der Waals surface area contributed by atoms with Crippen LogP contribution in [0.5, 0.6) is 0 Å². The fraction of sp³-hybridized carbons (Fsp3) is 1.00. The third-order valence-corrected chi connectivity index (χ3v) is 2.75. The third-order valence-electron chi connectivity index (χ3n) is 1.91. The van der Waals surface area contributed by atoms with Gasteiger partial charge in [-0.2, -0.15) is 0 Å². The quantitative estimate of drug-likeness (QED) is 0.632. The van der Waals surface area contributed by atoms with E-state index in [-0.39, 0.29) is 0 Å². The van der Waals surface area contributed by atoms with Gasteiger partial charge >= 0.3 is 0 Å². The van der Waals surface area contributed by atoms with E-state index in [2.05, 4.69) is 22.9 Å². The van der Waals surface area contributed by atoms with Crippen LogP contribution in [0.15, 0.2) is 0 Å². The molecule has 1 fully saturated rings. The Morgan fingerprint density at radius 2 is 2.40 bits per heavy atom. The fourth-order valence-corrected chi connectivity index (χ4v) is 1.96. The number of ether oxygens (including phenoxy) is 1. The standard InChI is InChI=1S/C8H15BrO/c1-2-3-8-6-7(9)4-5-10-8/h7-8H,2-6H2,1H3/t7-,8+/m1/s1. The van der Waals surface area contributed by atoms with Gasteiger partial charge in [0.15, 0.2) is 0 Å². The van der Waals surface area contributed by atoms with Crippen molar-refractivity contribution < 1.29 is 4.74 Å². The summed E-state index contributed by atoms with van der Waals surface area (Å²) in [4.78, 5) is 0.706. The summed E-state index contributed by atoms with van der Waals surface area (Å²) in [6.45, 7) is 3.15. The second-order valence-electron chi connectivity index (χ2n) is 2.90. The van der Waals surface area contributed by atoms with Crippen molar-refractivity contribution in [2.75, 3.05) is 6.61 Å². The van der Waals surface area contributed by atoms with E-state index < -0.39 is 0 Å². The molecule has 1 heterocycles. The maximum absolute atomic E-state index is 5.56. The molecule has 60 valence electrons. The predicted octanol–water partition coefficient (Wildman–Crippen LogP) is 2.73. The molecular weight excluding hydrogens is 192 g/mol. The second kappa shape index (κ2) is 4.35. The molecule has 0 aliphatic carbocycles. The Morgan fingerprint density at radius 1 is 1.60 bits per heavy atom. The topological polar surface area (TPSA) is 9.23 Å². The molecule has 2 heteroatoms. The van der Waals surface area contributed by atoms with E-state index >= 15 is 0 Å². The number of hydrogen-bond acceptors (Lipinski definition) is 1. The normalized spacial score (nSPS) is 34.2. The van der Waals surface area contributed by atoms with Crippen LogP contribution >= 0.6 is 15.9 Å². The molecule has 0 aromatic carbocycles. The zero-order valence-electron chi connectivity index (χ0n) is 6.48.